The average Bonchev–Trinajstić information content (AvgIpc) is 2.31. The van der Waals surface area contributed by atoms with Crippen molar-refractivity contribution in [2.24, 2.45) is 0 Å². The predicted molar refractivity (Wildman–Crippen MR) is 35.7 cm³/mol. The van der Waals surface area contributed by atoms with Crippen molar-refractivity contribution >= 4 is 5.78 Å². The highest BCUT2D eigenvalue weighted by Crippen LogP contribution is 2.14. The molecule has 3 nitrogen and oxygen atoms in total. The summed E-state index contributed by atoms with van der Waals surface area (Å²) in [6.07, 6.45) is 1.29. The molecule has 1 aromatic heterocycles. The van der Waals surface area contributed by atoms with Gasteiger partial charge in [-0.05, 0) is 6.42 Å². The molecule has 0 saturated heterocycles. The summed E-state index contributed by atoms with van der Waals surface area (Å²) in [5.74, 6) is -0.567. The van der Waals surface area contributed by atoms with Crippen molar-refractivity contribution in [3.8, 4) is 0 Å². The number of halogens is 1. The van der Waals surface area contributed by atoms with Crippen LogP contribution in [0.4, 0.5) is 4.39 Å². The molecule has 0 saturated carbocycles. The van der Waals surface area contributed by atoms with Crippen LogP contribution in [-0.2, 0) is 6.54 Å². The third-order valence-corrected chi connectivity index (χ3v) is 1.81. The van der Waals surface area contributed by atoms with E-state index in [0.717, 1.165) is 6.42 Å². The molecule has 0 bridgehead atoms. The maximum Gasteiger partial charge on any atom is 0.233 e. The summed E-state index contributed by atoms with van der Waals surface area (Å²) < 4.78 is 13.9. The van der Waals surface area contributed by atoms with Crippen molar-refractivity contribution in [1.29, 1.82) is 0 Å². The quantitative estimate of drug-likeness (QED) is 0.558. The fraction of sp³-hybridized carbons (Fsp3) is 0.429. The lowest BCUT2D eigenvalue weighted by atomic mass is 10.1. The van der Waals surface area contributed by atoms with Crippen LogP contribution >= 0.6 is 0 Å². The third kappa shape index (κ3) is 0.943. The van der Waals surface area contributed by atoms with Gasteiger partial charge in [0.25, 0.3) is 0 Å². The number of fused-ring (bicyclic) bond motifs is 1. The topological polar surface area (TPSA) is 34.9 Å². The number of carbonyl (C=O) groups excluding carboxylic acids is 1. The van der Waals surface area contributed by atoms with E-state index in [9.17, 15) is 9.18 Å². The van der Waals surface area contributed by atoms with Gasteiger partial charge in [0.1, 0.15) is 5.69 Å². The van der Waals surface area contributed by atoms with Gasteiger partial charge in [-0.1, -0.05) is 0 Å². The second-order valence-corrected chi connectivity index (χ2v) is 2.60. The van der Waals surface area contributed by atoms with Crippen LogP contribution in [0.15, 0.2) is 6.07 Å². The Hall–Kier alpha value is -1.19. The van der Waals surface area contributed by atoms with Crippen molar-refractivity contribution in [2.45, 2.75) is 19.4 Å². The molecule has 0 unspecified atom stereocenters. The SMILES string of the molecule is O=C1CCCn2nc(F)cc21. The van der Waals surface area contributed by atoms with Gasteiger partial charge in [-0.15, -0.1) is 5.10 Å². The lowest BCUT2D eigenvalue weighted by molar-refractivity contribution is 0.0951. The molecular formula is C7H7FN2O. The first-order valence-corrected chi connectivity index (χ1v) is 3.54. The average molecular weight is 154 g/mol. The predicted octanol–water partition coefficient (Wildman–Crippen LogP) is 0.999. The Morgan fingerprint density at radius 3 is 3.18 bits per heavy atom. The molecule has 0 N–H and O–H groups in total. The Kier molecular flexibility index (Phi) is 1.27. The Bertz CT molecular complexity index is 305. The molecular weight excluding hydrogens is 147 g/mol. The molecule has 0 spiro atoms. The van der Waals surface area contributed by atoms with Crippen molar-refractivity contribution in [1.82, 2.24) is 9.78 Å². The summed E-state index contributed by atoms with van der Waals surface area (Å²) in [5.41, 5.74) is 0.411. The Labute approximate surface area is 62.8 Å². The van der Waals surface area contributed by atoms with E-state index >= 15 is 0 Å². The van der Waals surface area contributed by atoms with Gasteiger partial charge in [0.2, 0.25) is 5.95 Å². The number of nitrogens with zero attached hydrogens (tertiary/aromatic N) is 2. The molecule has 0 atom stereocenters. The Morgan fingerprint density at radius 1 is 1.64 bits per heavy atom. The fourth-order valence-corrected chi connectivity index (χ4v) is 1.30. The van der Waals surface area contributed by atoms with Crippen LogP contribution in [0.2, 0.25) is 0 Å². The number of ketones is 1. The van der Waals surface area contributed by atoms with E-state index in [-0.39, 0.29) is 5.78 Å². The first-order valence-electron chi connectivity index (χ1n) is 3.54. The van der Waals surface area contributed by atoms with Crippen LogP contribution in [0.1, 0.15) is 23.3 Å². The number of hydrogen-bond donors (Lipinski definition) is 0. The summed E-state index contributed by atoms with van der Waals surface area (Å²) in [6, 6.07) is 1.20. The summed E-state index contributed by atoms with van der Waals surface area (Å²) >= 11 is 0. The van der Waals surface area contributed by atoms with E-state index in [4.69, 9.17) is 0 Å². The second-order valence-electron chi connectivity index (χ2n) is 2.60. The van der Waals surface area contributed by atoms with Gasteiger partial charge in [0.05, 0.1) is 0 Å². The van der Waals surface area contributed by atoms with Crippen molar-refractivity contribution in [2.75, 3.05) is 0 Å². The highest BCUT2D eigenvalue weighted by molar-refractivity contribution is 5.94. The molecule has 0 amide bonds. The molecule has 0 aromatic carbocycles. The number of carbonyl (C=O) groups is 1. The summed E-state index contributed by atoms with van der Waals surface area (Å²) in [4.78, 5) is 11.1. The smallest absolute Gasteiger partial charge is 0.233 e. The van der Waals surface area contributed by atoms with Gasteiger partial charge in [0.15, 0.2) is 5.78 Å². The molecule has 58 valence electrons. The minimum Gasteiger partial charge on any atom is -0.292 e. The second kappa shape index (κ2) is 2.15. The zero-order chi connectivity index (χ0) is 7.84. The van der Waals surface area contributed by atoms with E-state index in [0.29, 0.717) is 18.7 Å². The minimum atomic E-state index is -0.560. The van der Waals surface area contributed by atoms with E-state index in [1.807, 2.05) is 0 Å². The molecule has 1 aliphatic rings. The lowest BCUT2D eigenvalue weighted by Crippen LogP contribution is -2.16. The molecule has 4 heteroatoms. The lowest BCUT2D eigenvalue weighted by Gasteiger charge is -2.10. The Morgan fingerprint density at radius 2 is 2.45 bits per heavy atom. The Balaban J connectivity index is 2.52. The molecule has 0 aliphatic carbocycles. The van der Waals surface area contributed by atoms with Crippen molar-refractivity contribution < 1.29 is 9.18 Å². The molecule has 0 radical (unpaired) electrons. The third-order valence-electron chi connectivity index (χ3n) is 1.81. The van der Waals surface area contributed by atoms with Crippen molar-refractivity contribution in [3.63, 3.8) is 0 Å². The normalized spacial score (nSPS) is 16.6. The van der Waals surface area contributed by atoms with Crippen LogP contribution in [0.3, 0.4) is 0 Å². The van der Waals surface area contributed by atoms with Gasteiger partial charge < -0.3 is 0 Å². The summed E-state index contributed by atoms with van der Waals surface area (Å²) in [5, 5.41) is 3.53. The van der Waals surface area contributed by atoms with Crippen LogP contribution in [0, 0.1) is 5.95 Å². The van der Waals surface area contributed by atoms with E-state index in [1.165, 1.54) is 10.7 Å². The van der Waals surface area contributed by atoms with Gasteiger partial charge in [-0.25, -0.2) is 0 Å². The molecule has 1 aromatic rings. The number of rotatable bonds is 0. The standard InChI is InChI=1S/C7H7FN2O/c8-7-4-5-6(11)2-1-3-10(5)9-7/h4H,1-3H2. The van der Waals surface area contributed by atoms with Crippen molar-refractivity contribution in [3.05, 3.63) is 17.7 Å². The zero-order valence-corrected chi connectivity index (χ0v) is 5.88. The summed E-state index contributed by atoms with van der Waals surface area (Å²) in [6.45, 7) is 0.658. The minimum absolute atomic E-state index is 0.00681. The van der Waals surface area contributed by atoms with Gasteiger partial charge >= 0.3 is 0 Å². The molecule has 0 fully saturated rings. The highest BCUT2D eigenvalue weighted by atomic mass is 19.1. The maximum atomic E-state index is 12.5. The monoisotopic (exact) mass is 154 g/mol. The number of aryl methyl sites for hydroxylation is 1. The van der Waals surface area contributed by atoms with Gasteiger partial charge in [-0.3, -0.25) is 9.48 Å². The number of Topliss-reactive ketones (excluding diaryl/α,β-unsaturated/α-hetero) is 1. The molecule has 2 heterocycles. The van der Waals surface area contributed by atoms with Crippen LogP contribution in [0.5, 0.6) is 0 Å². The molecule has 11 heavy (non-hydrogen) atoms. The van der Waals surface area contributed by atoms with E-state index in [2.05, 4.69) is 5.10 Å². The highest BCUT2D eigenvalue weighted by Gasteiger charge is 2.19. The number of aromatic nitrogens is 2. The fourth-order valence-electron chi connectivity index (χ4n) is 1.30. The van der Waals surface area contributed by atoms with Crippen LogP contribution in [-0.4, -0.2) is 15.6 Å². The van der Waals surface area contributed by atoms with E-state index < -0.39 is 5.95 Å². The first kappa shape index (κ1) is 6.52. The molecule has 2 rings (SSSR count). The van der Waals surface area contributed by atoms with Gasteiger partial charge in [0, 0.05) is 19.0 Å². The summed E-state index contributed by atoms with van der Waals surface area (Å²) in [7, 11) is 0. The van der Waals surface area contributed by atoms with Gasteiger partial charge in [-0.2, -0.15) is 4.39 Å². The maximum absolute atomic E-state index is 12.5. The van der Waals surface area contributed by atoms with Crippen LogP contribution in [0.25, 0.3) is 0 Å². The van der Waals surface area contributed by atoms with E-state index in [1.54, 1.807) is 0 Å². The molecule has 1 aliphatic heterocycles. The first-order chi connectivity index (χ1) is 5.27. The largest absolute Gasteiger partial charge is 0.292 e. The number of hydrogen-bond acceptors (Lipinski definition) is 2. The zero-order valence-electron chi connectivity index (χ0n) is 5.88. The van der Waals surface area contributed by atoms with Crippen LogP contribution < -0.4 is 0 Å².